The fraction of sp³-hybridized carbons (Fsp3) is 0.158. The highest BCUT2D eigenvalue weighted by Crippen LogP contribution is 2.28. The number of aryl methyl sites for hydroxylation is 2. The second kappa shape index (κ2) is 7.91. The third kappa shape index (κ3) is 3.95. The number of hydrogen-bond acceptors (Lipinski definition) is 8. The van der Waals surface area contributed by atoms with Crippen molar-refractivity contribution in [3.05, 3.63) is 63.8 Å². The third-order valence-electron chi connectivity index (χ3n) is 4.04. The molecule has 4 heterocycles. The second-order valence-electron chi connectivity index (χ2n) is 5.95. The van der Waals surface area contributed by atoms with Gasteiger partial charge in [0, 0.05) is 17.6 Å². The van der Waals surface area contributed by atoms with Gasteiger partial charge >= 0.3 is 0 Å². The van der Waals surface area contributed by atoms with Crippen LogP contribution in [0.3, 0.4) is 0 Å². The maximum absolute atomic E-state index is 12.4. The third-order valence-corrected chi connectivity index (χ3v) is 5.69. The van der Waals surface area contributed by atoms with Crippen LogP contribution in [0.1, 0.15) is 27.4 Å². The molecule has 0 atom stereocenters. The fourth-order valence-corrected chi connectivity index (χ4v) is 3.96. The highest BCUT2D eigenvalue weighted by Gasteiger charge is 2.13. The quantitative estimate of drug-likeness (QED) is 0.494. The molecule has 0 spiro atoms. The summed E-state index contributed by atoms with van der Waals surface area (Å²) in [6.07, 6.45) is 1.48. The monoisotopic (exact) mass is 412 g/mol. The lowest BCUT2D eigenvalue weighted by Crippen LogP contribution is -2.12. The van der Waals surface area contributed by atoms with Gasteiger partial charge in [-0.05, 0) is 31.4 Å². The van der Waals surface area contributed by atoms with Crippen molar-refractivity contribution in [1.29, 1.82) is 0 Å². The molecule has 0 radical (unpaired) electrons. The molecule has 142 valence electrons. The minimum atomic E-state index is -0.267. The highest BCUT2D eigenvalue weighted by molar-refractivity contribution is 7.16. The summed E-state index contributed by atoms with van der Waals surface area (Å²) in [5.74, 6) is 0.876. The lowest BCUT2D eigenvalue weighted by molar-refractivity contribution is 0.102. The van der Waals surface area contributed by atoms with Crippen LogP contribution in [0.15, 0.2) is 45.7 Å². The molecule has 0 unspecified atom stereocenters. The maximum atomic E-state index is 12.4. The SMILES string of the molecule is Cc1noc(C)c1COc1ccc(C(=O)Nc2nc(-c3cccs3)cs2)cn1. The summed E-state index contributed by atoms with van der Waals surface area (Å²) in [6, 6.07) is 7.29. The summed E-state index contributed by atoms with van der Waals surface area (Å²) in [7, 11) is 0. The Morgan fingerprint density at radius 3 is 2.82 bits per heavy atom. The number of pyridine rings is 1. The van der Waals surface area contributed by atoms with E-state index < -0.39 is 0 Å². The number of ether oxygens (including phenoxy) is 1. The first-order chi connectivity index (χ1) is 13.6. The van der Waals surface area contributed by atoms with Gasteiger partial charge in [-0.3, -0.25) is 10.1 Å². The van der Waals surface area contributed by atoms with Crippen LogP contribution in [0.5, 0.6) is 5.88 Å². The number of hydrogen-bond donors (Lipinski definition) is 1. The molecule has 0 saturated carbocycles. The normalized spacial score (nSPS) is 10.8. The van der Waals surface area contributed by atoms with Crippen molar-refractivity contribution < 1.29 is 14.1 Å². The van der Waals surface area contributed by atoms with Gasteiger partial charge in [-0.15, -0.1) is 22.7 Å². The average Bonchev–Trinajstić information content (AvgIpc) is 3.43. The summed E-state index contributed by atoms with van der Waals surface area (Å²) in [5.41, 5.74) is 2.97. The molecule has 0 fully saturated rings. The fourth-order valence-electron chi connectivity index (χ4n) is 2.49. The molecule has 0 aliphatic heterocycles. The molecule has 0 aliphatic rings. The largest absolute Gasteiger partial charge is 0.473 e. The van der Waals surface area contributed by atoms with Crippen molar-refractivity contribution in [1.82, 2.24) is 15.1 Å². The minimum absolute atomic E-state index is 0.267. The number of carbonyl (C=O) groups excluding carboxylic acids is 1. The molecule has 0 aliphatic carbocycles. The standard InChI is InChI=1S/C19H16N4O3S2/c1-11-14(12(2)26-23-11)9-25-17-6-5-13(8-20-17)18(24)22-19-21-15(10-28-19)16-4-3-7-27-16/h3-8,10H,9H2,1-2H3,(H,21,22,24). The van der Waals surface area contributed by atoms with Crippen LogP contribution in [-0.2, 0) is 6.61 Å². The number of aromatic nitrogens is 3. The van der Waals surface area contributed by atoms with Crippen LogP contribution < -0.4 is 10.1 Å². The van der Waals surface area contributed by atoms with Crippen molar-refractivity contribution in [2.75, 3.05) is 5.32 Å². The molecule has 7 nitrogen and oxygen atoms in total. The second-order valence-corrected chi connectivity index (χ2v) is 7.75. The van der Waals surface area contributed by atoms with E-state index in [2.05, 4.69) is 20.4 Å². The molecule has 4 aromatic rings. The van der Waals surface area contributed by atoms with Gasteiger partial charge in [0.2, 0.25) is 5.88 Å². The summed E-state index contributed by atoms with van der Waals surface area (Å²) < 4.78 is 10.8. The number of carbonyl (C=O) groups is 1. The summed E-state index contributed by atoms with van der Waals surface area (Å²) in [5, 5.41) is 11.2. The Bertz CT molecular complexity index is 1070. The van der Waals surface area contributed by atoms with E-state index in [1.165, 1.54) is 17.5 Å². The smallest absolute Gasteiger partial charge is 0.259 e. The van der Waals surface area contributed by atoms with E-state index in [9.17, 15) is 4.79 Å². The molecule has 28 heavy (non-hydrogen) atoms. The first kappa shape index (κ1) is 18.3. The van der Waals surface area contributed by atoms with Gasteiger partial charge in [-0.25, -0.2) is 9.97 Å². The van der Waals surface area contributed by atoms with E-state index >= 15 is 0 Å². The van der Waals surface area contributed by atoms with Crippen LogP contribution in [-0.4, -0.2) is 21.0 Å². The van der Waals surface area contributed by atoms with Crippen LogP contribution in [0.4, 0.5) is 5.13 Å². The van der Waals surface area contributed by atoms with Crippen molar-refractivity contribution in [2.24, 2.45) is 0 Å². The molecule has 4 aromatic heterocycles. The summed E-state index contributed by atoms with van der Waals surface area (Å²) >= 11 is 3.00. The Hall–Kier alpha value is -3.04. The topological polar surface area (TPSA) is 90.1 Å². The number of nitrogens with zero attached hydrogens (tertiary/aromatic N) is 3. The van der Waals surface area contributed by atoms with Gasteiger partial charge in [-0.1, -0.05) is 11.2 Å². The van der Waals surface area contributed by atoms with Crippen molar-refractivity contribution in [3.63, 3.8) is 0 Å². The zero-order valence-electron chi connectivity index (χ0n) is 15.1. The number of rotatable bonds is 6. The van der Waals surface area contributed by atoms with Gasteiger partial charge in [0.1, 0.15) is 12.4 Å². The van der Waals surface area contributed by atoms with Gasteiger partial charge in [0.05, 0.1) is 27.4 Å². The Morgan fingerprint density at radius 2 is 2.14 bits per heavy atom. The summed E-state index contributed by atoms with van der Waals surface area (Å²) in [6.45, 7) is 4.00. The summed E-state index contributed by atoms with van der Waals surface area (Å²) in [4.78, 5) is 22.1. The lowest BCUT2D eigenvalue weighted by Gasteiger charge is -2.06. The van der Waals surface area contributed by atoms with Crippen molar-refractivity contribution in [3.8, 4) is 16.5 Å². The van der Waals surface area contributed by atoms with E-state index in [-0.39, 0.29) is 5.91 Å². The Kier molecular flexibility index (Phi) is 5.18. The number of amides is 1. The zero-order chi connectivity index (χ0) is 19.5. The van der Waals surface area contributed by atoms with Crippen molar-refractivity contribution in [2.45, 2.75) is 20.5 Å². The molecule has 4 rings (SSSR count). The van der Waals surface area contributed by atoms with Gasteiger partial charge in [0.25, 0.3) is 5.91 Å². The molecule has 9 heteroatoms. The van der Waals surface area contributed by atoms with E-state index in [0.717, 1.165) is 27.6 Å². The van der Waals surface area contributed by atoms with Gasteiger partial charge in [0.15, 0.2) is 5.13 Å². The molecule has 1 N–H and O–H groups in total. The lowest BCUT2D eigenvalue weighted by atomic mass is 10.2. The highest BCUT2D eigenvalue weighted by atomic mass is 32.1. The van der Waals surface area contributed by atoms with Crippen LogP contribution in [0, 0.1) is 13.8 Å². The number of anilines is 1. The predicted molar refractivity (Wildman–Crippen MR) is 108 cm³/mol. The Balaban J connectivity index is 1.37. The van der Waals surface area contributed by atoms with Crippen LogP contribution >= 0.6 is 22.7 Å². The first-order valence-corrected chi connectivity index (χ1v) is 10.2. The molecular weight excluding hydrogens is 396 g/mol. The minimum Gasteiger partial charge on any atom is -0.473 e. The molecule has 0 saturated heterocycles. The number of thiophene rings is 1. The van der Waals surface area contributed by atoms with Gasteiger partial charge in [-0.2, -0.15) is 0 Å². The average molecular weight is 412 g/mol. The number of nitrogens with one attached hydrogen (secondary N) is 1. The molecular formula is C19H16N4O3S2. The maximum Gasteiger partial charge on any atom is 0.259 e. The predicted octanol–water partition coefficient (Wildman–Crippen LogP) is 4.70. The Labute approximate surface area is 169 Å². The van der Waals surface area contributed by atoms with E-state index in [1.54, 1.807) is 23.5 Å². The first-order valence-electron chi connectivity index (χ1n) is 8.41. The molecule has 0 aromatic carbocycles. The van der Waals surface area contributed by atoms with E-state index in [4.69, 9.17) is 9.26 Å². The van der Waals surface area contributed by atoms with Crippen LogP contribution in [0.2, 0.25) is 0 Å². The van der Waals surface area contributed by atoms with E-state index in [0.29, 0.717) is 23.2 Å². The van der Waals surface area contributed by atoms with Crippen molar-refractivity contribution >= 4 is 33.7 Å². The Morgan fingerprint density at radius 1 is 1.25 bits per heavy atom. The molecule has 1 amide bonds. The molecule has 0 bridgehead atoms. The van der Waals surface area contributed by atoms with Crippen LogP contribution in [0.25, 0.3) is 10.6 Å². The van der Waals surface area contributed by atoms with E-state index in [1.807, 2.05) is 36.7 Å². The zero-order valence-corrected chi connectivity index (χ0v) is 16.8. The number of thiazole rings is 1. The van der Waals surface area contributed by atoms with Gasteiger partial charge < -0.3 is 9.26 Å².